The molecule has 2 nitrogen and oxygen atoms in total. The van der Waals surface area contributed by atoms with E-state index in [2.05, 4.69) is 24.8 Å². The predicted molar refractivity (Wildman–Crippen MR) is 58.2 cm³/mol. The van der Waals surface area contributed by atoms with Crippen molar-refractivity contribution in [3.63, 3.8) is 0 Å². The van der Waals surface area contributed by atoms with Crippen LogP contribution in [-0.2, 0) is 4.74 Å². The Labute approximate surface area is 90.0 Å². The first-order chi connectivity index (χ1) is 6.74. The van der Waals surface area contributed by atoms with Gasteiger partial charge in [-0.1, -0.05) is 0 Å². The number of nitrogens with zero attached hydrogens (tertiary/aromatic N) is 1. The monoisotopic (exact) mass is 211 g/mol. The summed E-state index contributed by atoms with van der Waals surface area (Å²) in [6.45, 7) is 2.32. The van der Waals surface area contributed by atoms with Crippen molar-refractivity contribution < 1.29 is 4.74 Å². The summed E-state index contributed by atoms with van der Waals surface area (Å²) >= 11 is 2.05. The van der Waals surface area contributed by atoms with E-state index in [0.717, 1.165) is 12.8 Å². The van der Waals surface area contributed by atoms with Crippen molar-refractivity contribution in [3.05, 3.63) is 0 Å². The van der Waals surface area contributed by atoms with E-state index >= 15 is 0 Å². The Morgan fingerprint density at radius 1 is 1.57 bits per heavy atom. The molecule has 0 amide bonds. The molecule has 0 N–H and O–H groups in total. The Morgan fingerprint density at radius 3 is 3.07 bits per heavy atom. The molecule has 3 unspecified atom stereocenters. The van der Waals surface area contributed by atoms with Crippen LogP contribution in [0.3, 0.4) is 0 Å². The summed E-state index contributed by atoms with van der Waals surface area (Å²) in [7, 11) is 0. The van der Waals surface area contributed by atoms with Crippen LogP contribution in [0.1, 0.15) is 39.0 Å². The SMILES string of the molecule is CC1(C2CCC(CC#N)O2)CCCS1. The van der Waals surface area contributed by atoms with Crippen molar-refractivity contribution in [2.24, 2.45) is 0 Å². The first-order valence-corrected chi connectivity index (χ1v) is 6.39. The molecule has 3 atom stereocenters. The molecule has 0 aromatic heterocycles. The smallest absolute Gasteiger partial charge is 0.0724 e. The Bertz CT molecular complexity index is 242. The third-order valence-electron chi connectivity index (χ3n) is 3.36. The largest absolute Gasteiger partial charge is 0.372 e. The minimum absolute atomic E-state index is 0.211. The van der Waals surface area contributed by atoms with Crippen LogP contribution in [0.25, 0.3) is 0 Å². The standard InChI is InChI=1S/C11H17NOS/c1-11(6-2-8-14-11)10-4-3-9(13-10)5-7-12/h9-10H,2-6,8H2,1H3. The van der Waals surface area contributed by atoms with E-state index in [-0.39, 0.29) is 6.10 Å². The van der Waals surface area contributed by atoms with Crippen LogP contribution < -0.4 is 0 Å². The van der Waals surface area contributed by atoms with Crippen LogP contribution in [-0.4, -0.2) is 22.7 Å². The topological polar surface area (TPSA) is 33.0 Å². The minimum atomic E-state index is 0.211. The molecule has 3 heteroatoms. The molecule has 0 aromatic rings. The van der Waals surface area contributed by atoms with Crippen molar-refractivity contribution in [2.75, 3.05) is 5.75 Å². The van der Waals surface area contributed by atoms with Crippen LogP contribution in [0, 0.1) is 11.3 Å². The first kappa shape index (κ1) is 10.3. The van der Waals surface area contributed by atoms with Crippen molar-refractivity contribution in [3.8, 4) is 6.07 Å². The highest BCUT2D eigenvalue weighted by Crippen LogP contribution is 2.45. The van der Waals surface area contributed by atoms with Gasteiger partial charge in [0.05, 0.1) is 24.7 Å². The Kier molecular flexibility index (Phi) is 3.04. The van der Waals surface area contributed by atoms with E-state index in [1.807, 2.05) is 0 Å². The van der Waals surface area contributed by atoms with Gasteiger partial charge in [0.2, 0.25) is 0 Å². The summed E-state index contributed by atoms with van der Waals surface area (Å²) < 4.78 is 6.28. The zero-order chi connectivity index (χ0) is 10.0. The second-order valence-corrected chi connectivity index (χ2v) is 6.08. The summed E-state index contributed by atoms with van der Waals surface area (Å²) in [4.78, 5) is 0. The summed E-state index contributed by atoms with van der Waals surface area (Å²) in [5, 5.41) is 8.61. The normalized spacial score (nSPS) is 42.6. The van der Waals surface area contributed by atoms with Gasteiger partial charge >= 0.3 is 0 Å². The quantitative estimate of drug-likeness (QED) is 0.704. The molecule has 0 bridgehead atoms. The molecule has 0 saturated carbocycles. The number of hydrogen-bond donors (Lipinski definition) is 0. The molecule has 0 aliphatic carbocycles. The van der Waals surface area contributed by atoms with E-state index in [1.165, 1.54) is 18.6 Å². The molecule has 0 aromatic carbocycles. The van der Waals surface area contributed by atoms with E-state index in [1.54, 1.807) is 0 Å². The predicted octanol–water partition coefficient (Wildman–Crippen LogP) is 2.73. The molecular weight excluding hydrogens is 194 g/mol. The third kappa shape index (κ3) is 1.92. The third-order valence-corrected chi connectivity index (χ3v) is 4.98. The van der Waals surface area contributed by atoms with Crippen molar-refractivity contribution in [1.29, 1.82) is 5.26 Å². The minimum Gasteiger partial charge on any atom is -0.372 e. The van der Waals surface area contributed by atoms with Crippen LogP contribution >= 0.6 is 11.8 Å². The second kappa shape index (κ2) is 4.12. The fourth-order valence-corrected chi connectivity index (χ4v) is 3.86. The molecule has 0 radical (unpaired) electrons. The summed E-state index contributed by atoms with van der Waals surface area (Å²) in [5.41, 5.74) is 0. The van der Waals surface area contributed by atoms with Crippen molar-refractivity contribution in [2.45, 2.75) is 56.0 Å². The number of nitriles is 1. The van der Waals surface area contributed by atoms with Crippen LogP contribution in [0.15, 0.2) is 0 Å². The van der Waals surface area contributed by atoms with Crippen molar-refractivity contribution in [1.82, 2.24) is 0 Å². The van der Waals surface area contributed by atoms with Gasteiger partial charge in [0.1, 0.15) is 0 Å². The van der Waals surface area contributed by atoms with E-state index in [4.69, 9.17) is 10.00 Å². The molecule has 2 saturated heterocycles. The molecule has 2 rings (SSSR count). The van der Waals surface area contributed by atoms with Crippen LogP contribution in [0.4, 0.5) is 0 Å². The molecule has 2 fully saturated rings. The molecule has 2 aliphatic heterocycles. The summed E-state index contributed by atoms with van der Waals surface area (Å²) in [6, 6.07) is 2.20. The van der Waals surface area contributed by atoms with Crippen molar-refractivity contribution >= 4 is 11.8 Å². The van der Waals surface area contributed by atoms with Gasteiger partial charge in [0.25, 0.3) is 0 Å². The lowest BCUT2D eigenvalue weighted by atomic mass is 9.96. The zero-order valence-electron chi connectivity index (χ0n) is 8.66. The molecular formula is C11H17NOS. The summed E-state index contributed by atoms with van der Waals surface area (Å²) in [6.07, 6.45) is 6.00. The number of ether oxygens (including phenoxy) is 1. The van der Waals surface area contributed by atoms with Gasteiger partial charge < -0.3 is 4.74 Å². The molecule has 2 aliphatic rings. The number of hydrogen-bond acceptors (Lipinski definition) is 3. The zero-order valence-corrected chi connectivity index (χ0v) is 9.48. The van der Waals surface area contributed by atoms with Gasteiger partial charge in [-0.3, -0.25) is 0 Å². The Morgan fingerprint density at radius 2 is 2.43 bits per heavy atom. The van der Waals surface area contributed by atoms with Gasteiger partial charge in [0.15, 0.2) is 0 Å². The second-order valence-electron chi connectivity index (χ2n) is 4.45. The Hall–Kier alpha value is -0.200. The van der Waals surface area contributed by atoms with E-state index in [0.29, 0.717) is 17.3 Å². The maximum atomic E-state index is 8.61. The van der Waals surface area contributed by atoms with Crippen LogP contribution in [0.2, 0.25) is 0 Å². The average Bonchev–Trinajstić information content (AvgIpc) is 2.75. The highest BCUT2D eigenvalue weighted by Gasteiger charge is 2.42. The lowest BCUT2D eigenvalue weighted by Gasteiger charge is -2.29. The molecule has 0 spiro atoms. The number of thioether (sulfide) groups is 1. The van der Waals surface area contributed by atoms with Crippen LogP contribution in [0.5, 0.6) is 0 Å². The lowest BCUT2D eigenvalue weighted by Crippen LogP contribution is -2.33. The van der Waals surface area contributed by atoms with Gasteiger partial charge in [-0.05, 0) is 38.4 Å². The highest BCUT2D eigenvalue weighted by molar-refractivity contribution is 8.00. The van der Waals surface area contributed by atoms with Gasteiger partial charge in [-0.15, -0.1) is 0 Å². The van der Waals surface area contributed by atoms with E-state index in [9.17, 15) is 0 Å². The number of rotatable bonds is 2. The molecule has 14 heavy (non-hydrogen) atoms. The fraction of sp³-hybridized carbons (Fsp3) is 0.909. The first-order valence-electron chi connectivity index (χ1n) is 5.41. The molecule has 2 heterocycles. The fourth-order valence-electron chi connectivity index (χ4n) is 2.46. The maximum absolute atomic E-state index is 8.61. The average molecular weight is 211 g/mol. The van der Waals surface area contributed by atoms with Gasteiger partial charge in [-0.2, -0.15) is 17.0 Å². The molecule has 78 valence electrons. The lowest BCUT2D eigenvalue weighted by molar-refractivity contribution is 0.0275. The van der Waals surface area contributed by atoms with Gasteiger partial charge in [0, 0.05) is 4.75 Å². The summed E-state index contributed by atoms with van der Waals surface area (Å²) in [5.74, 6) is 1.28. The van der Waals surface area contributed by atoms with Gasteiger partial charge in [-0.25, -0.2) is 0 Å². The van der Waals surface area contributed by atoms with E-state index < -0.39 is 0 Å². The highest BCUT2D eigenvalue weighted by atomic mass is 32.2. The Balaban J connectivity index is 1.92. The maximum Gasteiger partial charge on any atom is 0.0724 e.